The molecule has 8 nitrogen and oxygen atoms in total. The Kier molecular flexibility index (Phi) is 9.99. The zero-order valence-corrected chi connectivity index (χ0v) is 20.6. The van der Waals surface area contributed by atoms with Crippen molar-refractivity contribution >= 4 is 44.8 Å². The summed E-state index contributed by atoms with van der Waals surface area (Å²) in [6.45, 7) is 2.69. The molecule has 0 unspecified atom stereocenters. The average molecular weight is 496 g/mol. The highest BCUT2D eigenvalue weighted by atomic mass is 35.5. The minimum Gasteiger partial charge on any atom is -0.495 e. The predicted octanol–water partition coefficient (Wildman–Crippen LogP) is 4.06. The molecule has 0 aliphatic carbocycles. The van der Waals surface area contributed by atoms with E-state index in [-0.39, 0.29) is 36.2 Å². The van der Waals surface area contributed by atoms with Crippen molar-refractivity contribution < 1.29 is 22.7 Å². The molecule has 2 aromatic rings. The van der Waals surface area contributed by atoms with Gasteiger partial charge in [-0.2, -0.15) is 0 Å². The van der Waals surface area contributed by atoms with E-state index in [0.29, 0.717) is 29.2 Å². The topological polar surface area (TPSA) is 105 Å². The van der Waals surface area contributed by atoms with Gasteiger partial charge in [0.15, 0.2) is 0 Å². The number of rotatable bonds is 12. The van der Waals surface area contributed by atoms with Gasteiger partial charge in [0.05, 0.1) is 35.3 Å². The molecule has 0 atom stereocenters. The summed E-state index contributed by atoms with van der Waals surface area (Å²) < 4.78 is 30.9. The number of hydrogen-bond acceptors (Lipinski definition) is 5. The average Bonchev–Trinajstić information content (AvgIpc) is 2.76. The molecule has 33 heavy (non-hydrogen) atoms. The molecule has 0 aliphatic rings. The van der Waals surface area contributed by atoms with Gasteiger partial charge in [-0.15, -0.1) is 0 Å². The van der Waals surface area contributed by atoms with Gasteiger partial charge >= 0.3 is 0 Å². The number of amides is 2. The number of hydrogen-bond donors (Lipinski definition) is 2. The van der Waals surface area contributed by atoms with E-state index in [2.05, 4.69) is 10.6 Å². The molecule has 0 heterocycles. The molecule has 2 N–H and O–H groups in total. The second-order valence-electron chi connectivity index (χ2n) is 7.46. The van der Waals surface area contributed by atoms with Crippen LogP contribution in [0.5, 0.6) is 5.75 Å². The number of carbonyl (C=O) groups is 2. The van der Waals surface area contributed by atoms with Gasteiger partial charge in [0.1, 0.15) is 5.75 Å². The van der Waals surface area contributed by atoms with Crippen molar-refractivity contribution in [3.8, 4) is 5.75 Å². The first-order valence-electron chi connectivity index (χ1n) is 10.7. The maximum Gasteiger partial charge on any atom is 0.253 e. The lowest BCUT2D eigenvalue weighted by Crippen LogP contribution is -2.31. The molecule has 2 aromatic carbocycles. The van der Waals surface area contributed by atoms with Crippen LogP contribution in [0.1, 0.15) is 43.0 Å². The van der Waals surface area contributed by atoms with Crippen LogP contribution < -0.4 is 19.7 Å². The molecular formula is C23H30ClN3O5S. The third kappa shape index (κ3) is 7.94. The summed E-state index contributed by atoms with van der Waals surface area (Å²) in [4.78, 5) is 24.9. The zero-order chi connectivity index (χ0) is 24.4. The van der Waals surface area contributed by atoms with E-state index < -0.39 is 10.0 Å². The van der Waals surface area contributed by atoms with Crippen LogP contribution in [-0.4, -0.2) is 46.7 Å². The second-order valence-corrected chi connectivity index (χ2v) is 9.77. The number of carbonyl (C=O) groups excluding carboxylic acids is 2. The lowest BCUT2D eigenvalue weighted by atomic mass is 10.1. The highest BCUT2D eigenvalue weighted by Gasteiger charge is 2.19. The molecule has 0 radical (unpaired) electrons. The van der Waals surface area contributed by atoms with E-state index in [4.69, 9.17) is 16.3 Å². The van der Waals surface area contributed by atoms with Crippen LogP contribution in [-0.2, 0) is 14.8 Å². The third-order valence-corrected chi connectivity index (χ3v) is 6.34. The summed E-state index contributed by atoms with van der Waals surface area (Å²) in [5, 5.41) is 5.88. The van der Waals surface area contributed by atoms with Crippen molar-refractivity contribution in [3.63, 3.8) is 0 Å². The Morgan fingerprint density at radius 3 is 2.48 bits per heavy atom. The number of anilines is 2. The van der Waals surface area contributed by atoms with Crippen LogP contribution in [0.4, 0.5) is 11.4 Å². The number of sulfonamides is 1. The fourth-order valence-electron chi connectivity index (χ4n) is 3.16. The lowest BCUT2D eigenvalue weighted by molar-refractivity contribution is -0.116. The number of para-hydroxylation sites is 1. The number of unbranched alkanes of at least 4 members (excludes halogenated alkanes) is 1. The third-order valence-electron chi connectivity index (χ3n) is 4.85. The summed E-state index contributed by atoms with van der Waals surface area (Å²) in [5.74, 6) is -0.130. The Labute approximate surface area is 200 Å². The molecule has 2 amide bonds. The number of halogens is 1. The number of nitrogens with zero attached hydrogens (tertiary/aromatic N) is 1. The Balaban J connectivity index is 2.01. The molecule has 10 heteroatoms. The fraction of sp³-hybridized carbons (Fsp3) is 0.391. The number of methoxy groups -OCH3 is 1. The first-order valence-corrected chi connectivity index (χ1v) is 12.9. The van der Waals surface area contributed by atoms with Crippen molar-refractivity contribution in [1.82, 2.24) is 5.32 Å². The van der Waals surface area contributed by atoms with Gasteiger partial charge in [-0.1, -0.05) is 37.1 Å². The van der Waals surface area contributed by atoms with Crippen molar-refractivity contribution in [2.75, 3.05) is 36.1 Å². The van der Waals surface area contributed by atoms with Gasteiger partial charge in [0, 0.05) is 19.5 Å². The van der Waals surface area contributed by atoms with Gasteiger partial charge in [-0.25, -0.2) is 8.42 Å². The minimum absolute atomic E-state index is 0.0711. The van der Waals surface area contributed by atoms with E-state index in [9.17, 15) is 18.0 Å². The quantitative estimate of drug-likeness (QED) is 0.432. The summed E-state index contributed by atoms with van der Waals surface area (Å²) in [7, 11) is -2.12. The van der Waals surface area contributed by atoms with Crippen molar-refractivity contribution in [2.45, 2.75) is 32.6 Å². The maximum atomic E-state index is 12.5. The molecule has 0 spiro atoms. The summed E-state index contributed by atoms with van der Waals surface area (Å²) in [6, 6.07) is 11.5. The summed E-state index contributed by atoms with van der Waals surface area (Å²) in [5.41, 5.74) is 1.18. The van der Waals surface area contributed by atoms with E-state index in [0.717, 1.165) is 19.1 Å². The monoisotopic (exact) mass is 495 g/mol. The van der Waals surface area contributed by atoms with Crippen molar-refractivity contribution in [2.24, 2.45) is 0 Å². The van der Waals surface area contributed by atoms with E-state index in [1.165, 1.54) is 17.5 Å². The Morgan fingerprint density at radius 2 is 1.85 bits per heavy atom. The first-order chi connectivity index (χ1) is 15.7. The van der Waals surface area contributed by atoms with Gasteiger partial charge < -0.3 is 15.4 Å². The van der Waals surface area contributed by atoms with Crippen LogP contribution in [0.3, 0.4) is 0 Å². The smallest absolute Gasteiger partial charge is 0.253 e. The molecule has 0 bridgehead atoms. The molecule has 0 aliphatic heterocycles. The Hall–Kier alpha value is -2.78. The second kappa shape index (κ2) is 12.5. The van der Waals surface area contributed by atoms with Crippen LogP contribution in [0.25, 0.3) is 0 Å². The van der Waals surface area contributed by atoms with Crippen LogP contribution in [0.2, 0.25) is 5.02 Å². The van der Waals surface area contributed by atoms with Crippen molar-refractivity contribution in [3.05, 3.63) is 53.1 Å². The van der Waals surface area contributed by atoms with Gasteiger partial charge in [0.25, 0.3) is 5.91 Å². The van der Waals surface area contributed by atoms with Gasteiger partial charge in [-0.05, 0) is 43.2 Å². The van der Waals surface area contributed by atoms with Crippen molar-refractivity contribution in [1.29, 1.82) is 0 Å². The largest absolute Gasteiger partial charge is 0.495 e. The van der Waals surface area contributed by atoms with Crippen LogP contribution >= 0.6 is 11.6 Å². The predicted molar refractivity (Wildman–Crippen MR) is 132 cm³/mol. The molecule has 180 valence electrons. The maximum absolute atomic E-state index is 12.5. The van der Waals surface area contributed by atoms with E-state index >= 15 is 0 Å². The Bertz CT molecular complexity index is 1080. The number of nitrogens with one attached hydrogen (secondary N) is 2. The van der Waals surface area contributed by atoms with Crippen LogP contribution in [0, 0.1) is 0 Å². The normalized spacial score (nSPS) is 11.0. The standard InChI is InChI=1S/C23H30ClN3O5S/c1-4-5-14-25-23(29)18-9-6-7-10-20(18)26-22(28)11-8-15-27(33(3,30)31)17-12-13-21(32-2)19(24)16-17/h6-7,9-10,12-13,16H,4-5,8,11,14-15H2,1-3H3,(H,25,29)(H,26,28). The molecule has 0 saturated heterocycles. The summed E-state index contributed by atoms with van der Waals surface area (Å²) >= 11 is 6.14. The minimum atomic E-state index is -3.59. The van der Waals surface area contributed by atoms with Gasteiger partial charge in [-0.3, -0.25) is 13.9 Å². The SMILES string of the molecule is CCCCNC(=O)c1ccccc1NC(=O)CCCN(c1ccc(OC)c(Cl)c1)S(C)(=O)=O. The fourth-order valence-corrected chi connectivity index (χ4v) is 4.37. The van der Waals surface area contributed by atoms with Gasteiger partial charge in [0.2, 0.25) is 15.9 Å². The molecular weight excluding hydrogens is 466 g/mol. The first kappa shape index (κ1) is 26.5. The highest BCUT2D eigenvalue weighted by Crippen LogP contribution is 2.30. The number of benzene rings is 2. The van der Waals surface area contributed by atoms with Crippen LogP contribution in [0.15, 0.2) is 42.5 Å². The molecule has 0 aromatic heterocycles. The molecule has 0 fully saturated rings. The van der Waals surface area contributed by atoms with E-state index in [1.54, 1.807) is 36.4 Å². The highest BCUT2D eigenvalue weighted by molar-refractivity contribution is 7.92. The van der Waals surface area contributed by atoms with E-state index in [1.807, 2.05) is 6.92 Å². The zero-order valence-electron chi connectivity index (χ0n) is 19.1. The summed E-state index contributed by atoms with van der Waals surface area (Å²) in [6.07, 6.45) is 3.27. The Morgan fingerprint density at radius 1 is 1.12 bits per heavy atom. The number of ether oxygens (including phenoxy) is 1. The molecule has 2 rings (SSSR count). The lowest BCUT2D eigenvalue weighted by Gasteiger charge is -2.23. The molecule has 0 saturated carbocycles.